The van der Waals surface area contributed by atoms with Gasteiger partial charge in [0.05, 0.1) is 29.9 Å². The second-order valence-electron chi connectivity index (χ2n) is 6.02. The molecule has 1 rings (SSSR count). The third-order valence-electron chi connectivity index (χ3n) is 2.74. The van der Waals surface area contributed by atoms with Crippen molar-refractivity contribution in [2.75, 3.05) is 25.1 Å². The van der Waals surface area contributed by atoms with Gasteiger partial charge in [-0.25, -0.2) is 4.98 Å². The highest BCUT2D eigenvalue weighted by Crippen LogP contribution is 2.33. The van der Waals surface area contributed by atoms with Crippen LogP contribution >= 0.6 is 11.3 Å². The number of likely N-dealkylation sites (N-methyl/N-ethyl adjacent to an activating group) is 1. The molecule has 0 atom stereocenters. The average Bonchev–Trinajstić information content (AvgIpc) is 2.71. The molecule has 0 saturated heterocycles. The van der Waals surface area contributed by atoms with E-state index in [2.05, 4.69) is 30.7 Å². The van der Waals surface area contributed by atoms with Crippen LogP contribution in [0.25, 0.3) is 0 Å². The smallest absolute Gasteiger partial charge is 0.185 e. The van der Waals surface area contributed by atoms with Crippen LogP contribution in [-0.4, -0.2) is 36.4 Å². The largest absolute Gasteiger partial charge is 0.391 e. The van der Waals surface area contributed by atoms with Gasteiger partial charge in [0.15, 0.2) is 5.13 Å². The molecular formula is C14H26N2O2S. The van der Waals surface area contributed by atoms with Crippen LogP contribution in [0.1, 0.15) is 45.2 Å². The number of thiazole rings is 1. The lowest BCUT2D eigenvalue weighted by Crippen LogP contribution is -2.24. The van der Waals surface area contributed by atoms with Crippen LogP contribution in [-0.2, 0) is 16.8 Å². The first-order valence-corrected chi connectivity index (χ1v) is 7.51. The fraction of sp³-hybridized carbons (Fsp3) is 0.786. The minimum Gasteiger partial charge on any atom is -0.391 e. The van der Waals surface area contributed by atoms with Gasteiger partial charge in [-0.3, -0.25) is 0 Å². The number of ether oxygens (including phenoxy) is 1. The van der Waals surface area contributed by atoms with E-state index in [-0.39, 0.29) is 18.1 Å². The van der Waals surface area contributed by atoms with Crippen molar-refractivity contribution in [1.29, 1.82) is 0 Å². The number of aliphatic hydroxyl groups is 1. The SMILES string of the molecule is CC(C)OCCN(C)c1nc(C(C)(C)C)c(CO)s1. The Morgan fingerprint density at radius 2 is 2.00 bits per heavy atom. The molecule has 0 aliphatic heterocycles. The zero-order chi connectivity index (χ0) is 14.6. The summed E-state index contributed by atoms with van der Waals surface area (Å²) in [5, 5.41) is 10.4. The molecule has 4 nitrogen and oxygen atoms in total. The van der Waals surface area contributed by atoms with E-state index in [0.29, 0.717) is 6.61 Å². The Morgan fingerprint density at radius 1 is 1.37 bits per heavy atom. The zero-order valence-electron chi connectivity index (χ0n) is 12.9. The highest BCUT2D eigenvalue weighted by molar-refractivity contribution is 7.15. The lowest BCUT2D eigenvalue weighted by Gasteiger charge is -2.18. The molecule has 1 N–H and O–H groups in total. The highest BCUT2D eigenvalue weighted by Gasteiger charge is 2.23. The van der Waals surface area contributed by atoms with Gasteiger partial charge in [0.2, 0.25) is 0 Å². The Morgan fingerprint density at radius 3 is 2.42 bits per heavy atom. The summed E-state index contributed by atoms with van der Waals surface area (Å²) < 4.78 is 5.55. The van der Waals surface area contributed by atoms with Crippen molar-refractivity contribution in [2.45, 2.75) is 52.7 Å². The number of aromatic nitrogens is 1. The van der Waals surface area contributed by atoms with Gasteiger partial charge in [-0.2, -0.15) is 0 Å². The highest BCUT2D eigenvalue weighted by atomic mass is 32.1. The molecule has 0 unspecified atom stereocenters. The summed E-state index contributed by atoms with van der Waals surface area (Å²) in [5.41, 5.74) is 0.953. The molecule has 0 aliphatic rings. The summed E-state index contributed by atoms with van der Waals surface area (Å²) in [5.74, 6) is 0. The lowest BCUT2D eigenvalue weighted by atomic mass is 9.91. The van der Waals surface area contributed by atoms with E-state index in [1.54, 1.807) is 11.3 Å². The number of hydrogen-bond donors (Lipinski definition) is 1. The van der Waals surface area contributed by atoms with E-state index in [9.17, 15) is 5.11 Å². The molecule has 1 aromatic rings. The van der Waals surface area contributed by atoms with Crippen LogP contribution in [0.2, 0.25) is 0 Å². The first kappa shape index (κ1) is 16.4. The van der Waals surface area contributed by atoms with Crippen molar-refractivity contribution in [3.05, 3.63) is 10.6 Å². The third kappa shape index (κ3) is 4.75. The number of nitrogens with zero attached hydrogens (tertiary/aromatic N) is 2. The fourth-order valence-electron chi connectivity index (χ4n) is 1.72. The van der Waals surface area contributed by atoms with Gasteiger partial charge in [-0.15, -0.1) is 0 Å². The van der Waals surface area contributed by atoms with Crippen molar-refractivity contribution in [1.82, 2.24) is 4.98 Å². The van der Waals surface area contributed by atoms with Crippen LogP contribution in [0.3, 0.4) is 0 Å². The molecule has 1 heterocycles. The predicted molar refractivity (Wildman–Crippen MR) is 81.1 cm³/mol. The monoisotopic (exact) mass is 286 g/mol. The average molecular weight is 286 g/mol. The second-order valence-corrected chi connectivity index (χ2v) is 7.08. The topological polar surface area (TPSA) is 45.6 Å². The van der Waals surface area contributed by atoms with Gasteiger partial charge in [-0.1, -0.05) is 32.1 Å². The predicted octanol–water partition coefficient (Wildman–Crippen LogP) is 2.79. The molecule has 0 radical (unpaired) electrons. The molecular weight excluding hydrogens is 260 g/mol. The summed E-state index contributed by atoms with van der Waals surface area (Å²) in [6.45, 7) is 12.0. The van der Waals surface area contributed by atoms with Gasteiger partial charge in [0, 0.05) is 19.0 Å². The number of rotatable bonds is 6. The number of hydrogen-bond acceptors (Lipinski definition) is 5. The molecule has 0 aromatic carbocycles. The summed E-state index contributed by atoms with van der Waals surface area (Å²) in [4.78, 5) is 7.72. The lowest BCUT2D eigenvalue weighted by molar-refractivity contribution is 0.0846. The Hall–Kier alpha value is -0.650. The van der Waals surface area contributed by atoms with Crippen molar-refractivity contribution in [3.8, 4) is 0 Å². The van der Waals surface area contributed by atoms with Gasteiger partial charge in [0.25, 0.3) is 0 Å². The van der Waals surface area contributed by atoms with Crippen LogP contribution in [0.15, 0.2) is 0 Å². The minimum absolute atomic E-state index is 0.0396. The van der Waals surface area contributed by atoms with E-state index >= 15 is 0 Å². The molecule has 0 fully saturated rings. The maximum absolute atomic E-state index is 9.45. The molecule has 0 spiro atoms. The van der Waals surface area contributed by atoms with Gasteiger partial charge < -0.3 is 14.7 Å². The summed E-state index contributed by atoms with van der Waals surface area (Å²) >= 11 is 1.56. The standard InChI is InChI=1S/C14H26N2O2S/c1-10(2)18-8-7-16(6)13-15-12(14(3,4)5)11(9-17)19-13/h10,17H,7-9H2,1-6H3. The first-order chi connectivity index (χ1) is 8.75. The normalized spacial score (nSPS) is 12.2. The Balaban J connectivity index is 2.76. The molecule has 1 aromatic heterocycles. The van der Waals surface area contributed by atoms with Gasteiger partial charge in [-0.05, 0) is 13.8 Å². The third-order valence-corrected chi connectivity index (χ3v) is 3.90. The van der Waals surface area contributed by atoms with Crippen molar-refractivity contribution >= 4 is 16.5 Å². The second kappa shape index (κ2) is 6.68. The van der Waals surface area contributed by atoms with E-state index in [1.165, 1.54) is 0 Å². The molecule has 110 valence electrons. The van der Waals surface area contributed by atoms with Crippen molar-refractivity contribution in [3.63, 3.8) is 0 Å². The molecule has 0 aliphatic carbocycles. The van der Waals surface area contributed by atoms with Gasteiger partial charge in [0.1, 0.15) is 0 Å². The molecule has 5 heteroatoms. The number of aliphatic hydroxyl groups excluding tert-OH is 1. The zero-order valence-corrected chi connectivity index (χ0v) is 13.7. The summed E-state index contributed by atoms with van der Waals surface area (Å²) in [7, 11) is 2.01. The van der Waals surface area contributed by atoms with E-state index < -0.39 is 0 Å². The maximum atomic E-state index is 9.45. The van der Waals surface area contributed by atoms with Crippen LogP contribution in [0, 0.1) is 0 Å². The quantitative estimate of drug-likeness (QED) is 0.873. The van der Waals surface area contributed by atoms with Crippen molar-refractivity contribution < 1.29 is 9.84 Å². The van der Waals surface area contributed by atoms with E-state index in [1.807, 2.05) is 20.9 Å². The fourth-order valence-corrected chi connectivity index (χ4v) is 2.83. The molecule has 19 heavy (non-hydrogen) atoms. The van der Waals surface area contributed by atoms with E-state index in [0.717, 1.165) is 22.2 Å². The first-order valence-electron chi connectivity index (χ1n) is 6.69. The maximum Gasteiger partial charge on any atom is 0.185 e. The Labute approximate surface area is 120 Å². The molecule has 0 amide bonds. The van der Waals surface area contributed by atoms with Crippen LogP contribution in [0.4, 0.5) is 5.13 Å². The number of anilines is 1. The van der Waals surface area contributed by atoms with Crippen LogP contribution < -0.4 is 4.90 Å². The Bertz CT molecular complexity index is 397. The molecule has 0 saturated carbocycles. The van der Waals surface area contributed by atoms with Gasteiger partial charge >= 0.3 is 0 Å². The summed E-state index contributed by atoms with van der Waals surface area (Å²) in [6.07, 6.45) is 0.253. The minimum atomic E-state index is -0.0396. The Kier molecular flexibility index (Phi) is 5.77. The van der Waals surface area contributed by atoms with E-state index in [4.69, 9.17) is 4.74 Å². The summed E-state index contributed by atoms with van der Waals surface area (Å²) in [6, 6.07) is 0. The molecule has 0 bridgehead atoms. The van der Waals surface area contributed by atoms with Crippen LogP contribution in [0.5, 0.6) is 0 Å². The van der Waals surface area contributed by atoms with Crippen molar-refractivity contribution in [2.24, 2.45) is 0 Å².